The number of rotatable bonds is 4. The van der Waals surface area contributed by atoms with Crippen molar-refractivity contribution >= 4 is 22.7 Å². The van der Waals surface area contributed by atoms with Gasteiger partial charge in [0.2, 0.25) is 5.91 Å². The summed E-state index contributed by atoms with van der Waals surface area (Å²) < 4.78 is 13.9. The Morgan fingerprint density at radius 1 is 1.24 bits per heavy atom. The molecule has 0 saturated heterocycles. The van der Waals surface area contributed by atoms with Gasteiger partial charge in [-0.2, -0.15) is 0 Å². The highest BCUT2D eigenvalue weighted by Crippen LogP contribution is 2.22. The van der Waals surface area contributed by atoms with Crippen LogP contribution in [0.4, 0.5) is 4.39 Å². The number of halogens is 1. The van der Waals surface area contributed by atoms with Crippen LogP contribution in [0.2, 0.25) is 0 Å². The van der Waals surface area contributed by atoms with Crippen LogP contribution in [0.3, 0.4) is 0 Å². The number of aryl methyl sites for hydroxylation is 1. The van der Waals surface area contributed by atoms with Gasteiger partial charge in [0.25, 0.3) is 5.91 Å². The molecule has 1 unspecified atom stereocenters. The molecule has 7 heteroatoms. The van der Waals surface area contributed by atoms with E-state index < -0.39 is 23.7 Å². The number of hydrogen-bond acceptors (Lipinski definition) is 3. The highest BCUT2D eigenvalue weighted by atomic mass is 19.1. The number of pyridine rings is 1. The normalized spacial score (nSPS) is 12.0. The Labute approximate surface area is 143 Å². The molecule has 3 aromatic rings. The van der Waals surface area contributed by atoms with Crippen molar-refractivity contribution < 1.29 is 14.0 Å². The number of aromatic nitrogens is 2. The van der Waals surface area contributed by atoms with Gasteiger partial charge in [0, 0.05) is 18.6 Å². The zero-order valence-electron chi connectivity index (χ0n) is 13.8. The Morgan fingerprint density at radius 2 is 2.04 bits per heavy atom. The maximum atomic E-state index is 13.9. The lowest BCUT2D eigenvalue weighted by atomic mass is 10.1. The van der Waals surface area contributed by atoms with Crippen LogP contribution in [0, 0.1) is 12.7 Å². The van der Waals surface area contributed by atoms with Gasteiger partial charge in [-0.15, -0.1) is 0 Å². The third-order valence-corrected chi connectivity index (χ3v) is 3.96. The second-order valence-electron chi connectivity index (χ2n) is 5.61. The fourth-order valence-corrected chi connectivity index (χ4v) is 2.62. The van der Waals surface area contributed by atoms with Crippen LogP contribution in [-0.4, -0.2) is 28.8 Å². The van der Waals surface area contributed by atoms with Gasteiger partial charge in [0.1, 0.15) is 11.5 Å². The fourth-order valence-electron chi connectivity index (χ4n) is 2.62. The first-order valence-corrected chi connectivity index (χ1v) is 7.72. The van der Waals surface area contributed by atoms with E-state index in [2.05, 4.69) is 20.6 Å². The average Bonchev–Trinajstić information content (AvgIpc) is 3.09. The number of carbonyl (C=O) groups excluding carboxylic acids is 2. The van der Waals surface area contributed by atoms with E-state index in [0.717, 1.165) is 5.56 Å². The summed E-state index contributed by atoms with van der Waals surface area (Å²) in [5.74, 6) is -1.33. The number of amides is 2. The summed E-state index contributed by atoms with van der Waals surface area (Å²) in [6.45, 7) is 1.82. The number of fused-ring (bicyclic) bond motifs is 1. The number of H-pyrrole nitrogens is 1. The Hall–Kier alpha value is -3.22. The third-order valence-electron chi connectivity index (χ3n) is 3.96. The van der Waals surface area contributed by atoms with Crippen LogP contribution < -0.4 is 10.6 Å². The van der Waals surface area contributed by atoms with E-state index in [4.69, 9.17) is 0 Å². The van der Waals surface area contributed by atoms with Gasteiger partial charge in [0.05, 0.1) is 11.2 Å². The van der Waals surface area contributed by atoms with E-state index in [1.807, 2.05) is 6.92 Å². The summed E-state index contributed by atoms with van der Waals surface area (Å²) in [7, 11) is 1.48. The molecule has 1 atom stereocenters. The lowest BCUT2D eigenvalue weighted by Gasteiger charge is -2.16. The lowest BCUT2D eigenvalue weighted by Crippen LogP contribution is -2.39. The molecule has 3 rings (SSSR count). The molecule has 0 saturated carbocycles. The summed E-state index contributed by atoms with van der Waals surface area (Å²) in [5.41, 5.74) is 1.96. The van der Waals surface area contributed by atoms with Gasteiger partial charge in [-0.1, -0.05) is 12.1 Å². The number of hydrogen-bond donors (Lipinski definition) is 3. The molecule has 2 heterocycles. The number of aromatic amines is 1. The van der Waals surface area contributed by atoms with Crippen molar-refractivity contribution in [1.82, 2.24) is 20.6 Å². The lowest BCUT2D eigenvalue weighted by molar-refractivity contribution is -0.122. The molecule has 1 aromatic carbocycles. The van der Waals surface area contributed by atoms with E-state index in [0.29, 0.717) is 16.6 Å². The largest absolute Gasteiger partial charge is 0.357 e. The molecule has 0 aliphatic rings. The number of nitrogens with one attached hydrogen (secondary N) is 3. The average molecular weight is 340 g/mol. The molecule has 0 radical (unpaired) electrons. The highest BCUT2D eigenvalue weighted by molar-refractivity contribution is 6.00. The second-order valence-corrected chi connectivity index (χ2v) is 5.61. The monoisotopic (exact) mass is 340 g/mol. The van der Waals surface area contributed by atoms with Crippen LogP contribution in [0.5, 0.6) is 0 Å². The second kappa shape index (κ2) is 6.72. The van der Waals surface area contributed by atoms with E-state index in [-0.39, 0.29) is 5.69 Å². The molecular weight excluding hydrogens is 323 g/mol. The number of carbonyl (C=O) groups is 2. The van der Waals surface area contributed by atoms with Crippen molar-refractivity contribution in [2.45, 2.75) is 13.0 Å². The van der Waals surface area contributed by atoms with Crippen LogP contribution in [0.25, 0.3) is 10.9 Å². The van der Waals surface area contributed by atoms with Crippen LogP contribution in [-0.2, 0) is 4.79 Å². The molecule has 0 fully saturated rings. The van der Waals surface area contributed by atoms with Gasteiger partial charge < -0.3 is 15.6 Å². The van der Waals surface area contributed by atoms with Crippen molar-refractivity contribution in [2.75, 3.05) is 7.05 Å². The SMILES string of the molecule is CNC(=O)C(NC(=O)c1cc2c(F)ccc(C)c2[nH]1)c1ccccn1. The first-order chi connectivity index (χ1) is 12.0. The fraction of sp³-hybridized carbons (Fsp3) is 0.167. The number of nitrogens with zero attached hydrogens (tertiary/aromatic N) is 1. The molecule has 0 spiro atoms. The molecule has 2 amide bonds. The Morgan fingerprint density at radius 3 is 2.68 bits per heavy atom. The minimum Gasteiger partial charge on any atom is -0.357 e. The minimum absolute atomic E-state index is 0.174. The molecule has 0 aliphatic heterocycles. The van der Waals surface area contributed by atoms with Gasteiger partial charge >= 0.3 is 0 Å². The van der Waals surface area contributed by atoms with E-state index >= 15 is 0 Å². The highest BCUT2D eigenvalue weighted by Gasteiger charge is 2.24. The molecule has 128 valence electrons. The van der Waals surface area contributed by atoms with E-state index in [9.17, 15) is 14.0 Å². The molecule has 2 aromatic heterocycles. The Balaban J connectivity index is 1.93. The van der Waals surface area contributed by atoms with Crippen LogP contribution in [0.15, 0.2) is 42.6 Å². The van der Waals surface area contributed by atoms with Crippen LogP contribution in [0.1, 0.15) is 27.8 Å². The van der Waals surface area contributed by atoms with E-state index in [1.54, 1.807) is 30.5 Å². The molecule has 0 aliphatic carbocycles. The third kappa shape index (κ3) is 3.21. The molecule has 6 nitrogen and oxygen atoms in total. The zero-order valence-corrected chi connectivity index (χ0v) is 13.8. The first kappa shape index (κ1) is 16.6. The van der Waals surface area contributed by atoms with Crippen molar-refractivity contribution in [3.8, 4) is 0 Å². The summed E-state index contributed by atoms with van der Waals surface area (Å²) in [4.78, 5) is 31.7. The summed E-state index contributed by atoms with van der Waals surface area (Å²) in [6.07, 6.45) is 1.54. The standard InChI is InChI=1S/C18H17FN4O2/c1-10-6-7-12(19)11-9-14(22-15(10)11)17(24)23-16(18(25)20-2)13-5-3-4-8-21-13/h3-9,16,22H,1-2H3,(H,20,25)(H,23,24). The summed E-state index contributed by atoms with van der Waals surface area (Å²) >= 11 is 0. The maximum Gasteiger partial charge on any atom is 0.268 e. The predicted molar refractivity (Wildman–Crippen MR) is 91.5 cm³/mol. The van der Waals surface area contributed by atoms with Gasteiger partial charge in [0.15, 0.2) is 6.04 Å². The summed E-state index contributed by atoms with van der Waals surface area (Å²) in [6, 6.07) is 8.57. The topological polar surface area (TPSA) is 86.9 Å². The molecular formula is C18H17FN4O2. The molecule has 25 heavy (non-hydrogen) atoms. The first-order valence-electron chi connectivity index (χ1n) is 7.72. The van der Waals surface area contributed by atoms with E-state index in [1.165, 1.54) is 19.2 Å². The van der Waals surface area contributed by atoms with Crippen molar-refractivity contribution in [3.63, 3.8) is 0 Å². The smallest absolute Gasteiger partial charge is 0.268 e. The molecule has 3 N–H and O–H groups in total. The predicted octanol–water partition coefficient (Wildman–Crippen LogP) is 2.23. The van der Waals surface area contributed by atoms with Gasteiger partial charge in [-0.3, -0.25) is 14.6 Å². The van der Waals surface area contributed by atoms with Gasteiger partial charge in [-0.25, -0.2) is 4.39 Å². The van der Waals surface area contributed by atoms with Crippen LogP contribution >= 0.6 is 0 Å². The molecule has 0 bridgehead atoms. The van der Waals surface area contributed by atoms with Crippen molar-refractivity contribution in [1.29, 1.82) is 0 Å². The number of benzene rings is 1. The Bertz CT molecular complexity index is 898. The maximum absolute atomic E-state index is 13.9. The zero-order chi connectivity index (χ0) is 18.0. The number of likely N-dealkylation sites (N-methyl/N-ethyl adjacent to an activating group) is 1. The summed E-state index contributed by atoms with van der Waals surface area (Å²) in [5, 5.41) is 5.47. The quantitative estimate of drug-likeness (QED) is 0.681. The van der Waals surface area contributed by atoms with Crippen molar-refractivity contribution in [3.05, 3.63) is 65.4 Å². The van der Waals surface area contributed by atoms with Crippen molar-refractivity contribution in [2.24, 2.45) is 0 Å². The van der Waals surface area contributed by atoms with Gasteiger partial charge in [-0.05, 0) is 36.8 Å². The minimum atomic E-state index is -0.948. The Kier molecular flexibility index (Phi) is 4.47.